The predicted molar refractivity (Wildman–Crippen MR) is 72.5 cm³/mol. The molecule has 0 saturated heterocycles. The van der Waals surface area contributed by atoms with E-state index in [0.29, 0.717) is 5.02 Å². The van der Waals surface area contributed by atoms with Crippen molar-refractivity contribution in [1.29, 1.82) is 0 Å². The third-order valence-electron chi connectivity index (χ3n) is 2.95. The highest BCUT2D eigenvalue weighted by Crippen LogP contribution is 2.27. The monoisotopic (exact) mass is 264 g/mol. The van der Waals surface area contributed by atoms with Crippen LogP contribution in [0.4, 0.5) is 0 Å². The van der Waals surface area contributed by atoms with Crippen molar-refractivity contribution in [3.05, 3.63) is 46.5 Å². The molecule has 0 saturated carbocycles. The second-order valence-electron chi connectivity index (χ2n) is 4.26. The lowest BCUT2D eigenvalue weighted by atomic mass is 10.0. The molecule has 0 aliphatic rings. The maximum absolute atomic E-state index is 6.31. The molecule has 1 unspecified atom stereocenters. The molecule has 0 bridgehead atoms. The summed E-state index contributed by atoms with van der Waals surface area (Å²) in [6.07, 6.45) is 4.40. The first kappa shape index (κ1) is 13.1. The van der Waals surface area contributed by atoms with Crippen LogP contribution < -0.4 is 5.73 Å². The molecule has 0 aromatic carbocycles. The molecular weight excluding hydrogens is 248 g/mol. The van der Waals surface area contributed by atoms with E-state index in [1.165, 1.54) is 0 Å². The van der Waals surface area contributed by atoms with Gasteiger partial charge in [0.2, 0.25) is 0 Å². The topological polar surface area (TPSA) is 56.7 Å². The number of aromatic nitrogens is 3. The molecule has 2 rings (SSSR count). The van der Waals surface area contributed by atoms with E-state index in [2.05, 4.69) is 17.0 Å². The van der Waals surface area contributed by atoms with E-state index in [4.69, 9.17) is 17.3 Å². The Morgan fingerprint density at radius 2 is 2.28 bits per heavy atom. The van der Waals surface area contributed by atoms with Crippen molar-refractivity contribution in [2.75, 3.05) is 0 Å². The van der Waals surface area contributed by atoms with Crippen molar-refractivity contribution in [3.63, 3.8) is 0 Å². The molecule has 5 heteroatoms. The number of nitrogens with zero attached hydrogens (tertiary/aromatic N) is 3. The molecule has 0 fully saturated rings. The van der Waals surface area contributed by atoms with Gasteiger partial charge in [-0.1, -0.05) is 24.6 Å². The van der Waals surface area contributed by atoms with Crippen LogP contribution in [0.3, 0.4) is 0 Å². The summed E-state index contributed by atoms with van der Waals surface area (Å²) in [5, 5.41) is 4.88. The fraction of sp³-hybridized carbons (Fsp3) is 0.385. The van der Waals surface area contributed by atoms with Crippen LogP contribution in [0, 0.1) is 6.92 Å². The predicted octanol–water partition coefficient (Wildman–Crippen LogP) is 2.70. The quantitative estimate of drug-likeness (QED) is 0.924. The zero-order valence-electron chi connectivity index (χ0n) is 10.6. The van der Waals surface area contributed by atoms with Gasteiger partial charge in [0.1, 0.15) is 0 Å². The van der Waals surface area contributed by atoms with Gasteiger partial charge in [-0.05, 0) is 25.0 Å². The van der Waals surface area contributed by atoms with Gasteiger partial charge in [0.15, 0.2) is 0 Å². The van der Waals surface area contributed by atoms with Crippen LogP contribution in [-0.4, -0.2) is 14.8 Å². The summed E-state index contributed by atoms with van der Waals surface area (Å²) in [5.41, 5.74) is 9.07. The Morgan fingerprint density at radius 1 is 1.50 bits per heavy atom. The van der Waals surface area contributed by atoms with Gasteiger partial charge in [0.25, 0.3) is 0 Å². The van der Waals surface area contributed by atoms with Gasteiger partial charge < -0.3 is 5.73 Å². The van der Waals surface area contributed by atoms with E-state index in [-0.39, 0.29) is 6.04 Å². The minimum atomic E-state index is -0.291. The van der Waals surface area contributed by atoms with Crippen molar-refractivity contribution in [2.24, 2.45) is 5.73 Å². The molecule has 96 valence electrons. The van der Waals surface area contributed by atoms with Crippen molar-refractivity contribution in [3.8, 4) is 0 Å². The van der Waals surface area contributed by atoms with E-state index >= 15 is 0 Å². The number of pyridine rings is 1. The fourth-order valence-electron chi connectivity index (χ4n) is 2.04. The van der Waals surface area contributed by atoms with Gasteiger partial charge in [0.05, 0.1) is 23.0 Å². The van der Waals surface area contributed by atoms with E-state index in [0.717, 1.165) is 29.9 Å². The minimum absolute atomic E-state index is 0.291. The summed E-state index contributed by atoms with van der Waals surface area (Å²) in [6, 6.07) is 3.57. The highest BCUT2D eigenvalue weighted by atomic mass is 35.5. The molecule has 0 amide bonds. The maximum atomic E-state index is 6.31. The molecule has 2 heterocycles. The van der Waals surface area contributed by atoms with Gasteiger partial charge in [-0.3, -0.25) is 9.67 Å². The molecule has 4 nitrogen and oxygen atoms in total. The highest BCUT2D eigenvalue weighted by Gasteiger charge is 2.19. The van der Waals surface area contributed by atoms with Crippen molar-refractivity contribution < 1.29 is 0 Å². The van der Waals surface area contributed by atoms with Crippen molar-refractivity contribution in [1.82, 2.24) is 14.8 Å². The SMILES string of the molecule is CCCn1ncc(Cl)c1C(N)c1cccnc1C. The zero-order chi connectivity index (χ0) is 13.1. The van der Waals surface area contributed by atoms with E-state index in [9.17, 15) is 0 Å². The molecule has 0 aliphatic heterocycles. The average molecular weight is 265 g/mol. The Bertz CT molecular complexity index is 536. The molecule has 0 radical (unpaired) electrons. The Morgan fingerprint density at radius 3 is 2.94 bits per heavy atom. The third-order valence-corrected chi connectivity index (χ3v) is 3.24. The number of aryl methyl sites for hydroxylation is 2. The van der Waals surface area contributed by atoms with Crippen LogP contribution in [0.1, 0.15) is 36.3 Å². The molecule has 0 aliphatic carbocycles. The van der Waals surface area contributed by atoms with Crippen LogP contribution >= 0.6 is 11.6 Å². The summed E-state index contributed by atoms with van der Waals surface area (Å²) >= 11 is 6.19. The number of hydrogen-bond acceptors (Lipinski definition) is 3. The lowest BCUT2D eigenvalue weighted by Crippen LogP contribution is -2.19. The molecule has 0 spiro atoms. The van der Waals surface area contributed by atoms with Crippen LogP contribution in [0.2, 0.25) is 5.02 Å². The molecule has 18 heavy (non-hydrogen) atoms. The molecule has 2 aromatic rings. The molecular formula is C13H17ClN4. The standard InChI is InChI=1S/C13H17ClN4/c1-3-7-18-13(11(14)8-17-18)12(15)10-5-4-6-16-9(10)2/h4-6,8,12H,3,7,15H2,1-2H3. The maximum Gasteiger partial charge on any atom is 0.0837 e. The minimum Gasteiger partial charge on any atom is -0.319 e. The highest BCUT2D eigenvalue weighted by molar-refractivity contribution is 6.31. The normalized spacial score (nSPS) is 12.7. The molecule has 2 aromatic heterocycles. The second kappa shape index (κ2) is 5.50. The fourth-order valence-corrected chi connectivity index (χ4v) is 2.30. The van der Waals surface area contributed by atoms with Crippen molar-refractivity contribution in [2.45, 2.75) is 32.9 Å². The Labute approximate surface area is 112 Å². The number of rotatable bonds is 4. The van der Waals surface area contributed by atoms with Gasteiger partial charge in [-0.15, -0.1) is 0 Å². The smallest absolute Gasteiger partial charge is 0.0837 e. The zero-order valence-corrected chi connectivity index (χ0v) is 11.4. The summed E-state index contributed by atoms with van der Waals surface area (Å²) in [5.74, 6) is 0. The van der Waals surface area contributed by atoms with Gasteiger partial charge in [0, 0.05) is 18.4 Å². The number of hydrogen-bond donors (Lipinski definition) is 1. The van der Waals surface area contributed by atoms with Gasteiger partial charge in [-0.2, -0.15) is 5.10 Å². The Balaban J connectivity index is 2.42. The lowest BCUT2D eigenvalue weighted by molar-refractivity contribution is 0.559. The third kappa shape index (κ3) is 2.40. The molecule has 1 atom stereocenters. The number of halogens is 1. The van der Waals surface area contributed by atoms with Gasteiger partial charge >= 0.3 is 0 Å². The first-order chi connectivity index (χ1) is 8.65. The molecule has 2 N–H and O–H groups in total. The second-order valence-corrected chi connectivity index (χ2v) is 4.66. The van der Waals surface area contributed by atoms with E-state index in [1.54, 1.807) is 12.4 Å². The van der Waals surface area contributed by atoms with Crippen molar-refractivity contribution >= 4 is 11.6 Å². The first-order valence-corrected chi connectivity index (χ1v) is 6.41. The number of nitrogens with two attached hydrogens (primary N) is 1. The summed E-state index contributed by atoms with van der Waals surface area (Å²) in [7, 11) is 0. The van der Waals surface area contributed by atoms with Crippen LogP contribution in [0.15, 0.2) is 24.5 Å². The first-order valence-electron chi connectivity index (χ1n) is 6.03. The lowest BCUT2D eigenvalue weighted by Gasteiger charge is -2.16. The summed E-state index contributed by atoms with van der Waals surface area (Å²) < 4.78 is 1.87. The Kier molecular flexibility index (Phi) is 3.99. The van der Waals surface area contributed by atoms with Crippen LogP contribution in [0.5, 0.6) is 0 Å². The summed E-state index contributed by atoms with van der Waals surface area (Å²) in [4.78, 5) is 4.26. The summed E-state index contributed by atoms with van der Waals surface area (Å²) in [6.45, 7) is 4.86. The van der Waals surface area contributed by atoms with E-state index < -0.39 is 0 Å². The van der Waals surface area contributed by atoms with Crippen LogP contribution in [-0.2, 0) is 6.54 Å². The van der Waals surface area contributed by atoms with Gasteiger partial charge in [-0.25, -0.2) is 0 Å². The average Bonchev–Trinajstić information content (AvgIpc) is 2.71. The largest absolute Gasteiger partial charge is 0.319 e. The Hall–Kier alpha value is -1.39. The van der Waals surface area contributed by atoms with Crippen LogP contribution in [0.25, 0.3) is 0 Å². The van der Waals surface area contributed by atoms with E-state index in [1.807, 2.05) is 23.7 Å².